The molecule has 0 aliphatic heterocycles. The van der Waals surface area contributed by atoms with Gasteiger partial charge in [-0.2, -0.15) is 0 Å². The third-order valence-electron chi connectivity index (χ3n) is 2.16. The molecule has 1 rings (SSSR count). The summed E-state index contributed by atoms with van der Waals surface area (Å²) in [5.41, 5.74) is 5.38. The lowest BCUT2D eigenvalue weighted by molar-refractivity contribution is 0.117. The van der Waals surface area contributed by atoms with Crippen LogP contribution in [0.4, 0.5) is 13.2 Å². The van der Waals surface area contributed by atoms with Crippen molar-refractivity contribution in [2.45, 2.75) is 12.3 Å². The van der Waals surface area contributed by atoms with Crippen LogP contribution in [0.5, 0.6) is 5.75 Å². The smallest absolute Gasteiger partial charge is 0.246 e. The first-order valence-corrected chi connectivity index (χ1v) is 4.41. The Kier molecular flexibility index (Phi) is 3.96. The van der Waals surface area contributed by atoms with Crippen molar-refractivity contribution in [3.05, 3.63) is 29.6 Å². The van der Waals surface area contributed by atoms with E-state index in [4.69, 9.17) is 5.73 Å². The van der Waals surface area contributed by atoms with Gasteiger partial charge in [-0.1, -0.05) is 6.07 Å². The SMILES string of the molecule is COc1ccc(C(CN)C(F)F)cc1F. The minimum Gasteiger partial charge on any atom is -0.494 e. The zero-order chi connectivity index (χ0) is 11.4. The van der Waals surface area contributed by atoms with Crippen molar-refractivity contribution in [3.63, 3.8) is 0 Å². The molecule has 5 heteroatoms. The van der Waals surface area contributed by atoms with Crippen LogP contribution in [0.3, 0.4) is 0 Å². The molecule has 1 atom stereocenters. The fourth-order valence-electron chi connectivity index (χ4n) is 1.30. The van der Waals surface area contributed by atoms with Gasteiger partial charge in [0.25, 0.3) is 0 Å². The van der Waals surface area contributed by atoms with Gasteiger partial charge in [0.15, 0.2) is 11.6 Å². The first-order chi connectivity index (χ1) is 7.10. The van der Waals surface area contributed by atoms with Gasteiger partial charge < -0.3 is 10.5 Å². The fraction of sp³-hybridized carbons (Fsp3) is 0.400. The number of rotatable bonds is 4. The maximum atomic E-state index is 13.2. The molecule has 0 aliphatic carbocycles. The molecule has 0 aliphatic rings. The predicted octanol–water partition coefficient (Wildman–Crippen LogP) is 2.14. The van der Waals surface area contributed by atoms with Crippen LogP contribution in [0, 0.1) is 5.82 Å². The van der Waals surface area contributed by atoms with Gasteiger partial charge in [-0.05, 0) is 17.7 Å². The summed E-state index contributed by atoms with van der Waals surface area (Å²) < 4.78 is 42.8. The van der Waals surface area contributed by atoms with E-state index in [1.165, 1.54) is 19.2 Å². The molecule has 2 N–H and O–H groups in total. The maximum absolute atomic E-state index is 13.2. The van der Waals surface area contributed by atoms with Crippen molar-refractivity contribution in [3.8, 4) is 5.75 Å². The Hall–Kier alpha value is -1.23. The Morgan fingerprint density at radius 1 is 1.40 bits per heavy atom. The van der Waals surface area contributed by atoms with Crippen LogP contribution in [0.15, 0.2) is 18.2 Å². The highest BCUT2D eigenvalue weighted by Gasteiger charge is 2.21. The predicted molar refractivity (Wildman–Crippen MR) is 50.8 cm³/mol. The third kappa shape index (κ3) is 2.62. The Balaban J connectivity index is 3.00. The number of ether oxygens (including phenoxy) is 1. The van der Waals surface area contributed by atoms with Crippen molar-refractivity contribution >= 4 is 0 Å². The van der Waals surface area contributed by atoms with Crippen LogP contribution in [0.1, 0.15) is 11.5 Å². The molecule has 0 spiro atoms. The average molecular weight is 219 g/mol. The molecule has 0 saturated heterocycles. The van der Waals surface area contributed by atoms with E-state index in [0.29, 0.717) is 0 Å². The minimum atomic E-state index is -2.59. The number of methoxy groups -OCH3 is 1. The van der Waals surface area contributed by atoms with E-state index in [0.717, 1.165) is 6.07 Å². The average Bonchev–Trinajstić information content (AvgIpc) is 2.18. The highest BCUT2D eigenvalue weighted by molar-refractivity contribution is 5.31. The van der Waals surface area contributed by atoms with Gasteiger partial charge in [-0.3, -0.25) is 0 Å². The molecule has 1 aromatic rings. The number of alkyl halides is 2. The Labute approximate surface area is 85.8 Å². The van der Waals surface area contributed by atoms with E-state index in [1.807, 2.05) is 0 Å². The van der Waals surface area contributed by atoms with E-state index in [1.54, 1.807) is 0 Å². The summed E-state index contributed by atoms with van der Waals surface area (Å²) in [5.74, 6) is -1.76. The number of hydrogen-bond donors (Lipinski definition) is 1. The van der Waals surface area contributed by atoms with Crippen LogP contribution < -0.4 is 10.5 Å². The second kappa shape index (κ2) is 5.02. The van der Waals surface area contributed by atoms with Crippen molar-refractivity contribution in [1.29, 1.82) is 0 Å². The molecule has 0 fully saturated rings. The first-order valence-electron chi connectivity index (χ1n) is 4.41. The minimum absolute atomic E-state index is 0.0313. The summed E-state index contributed by atoms with van der Waals surface area (Å²) in [7, 11) is 1.31. The van der Waals surface area contributed by atoms with Gasteiger partial charge in [0.1, 0.15) is 0 Å². The van der Waals surface area contributed by atoms with Gasteiger partial charge in [0.2, 0.25) is 6.43 Å². The van der Waals surface area contributed by atoms with Crippen LogP contribution in [-0.4, -0.2) is 20.1 Å². The summed E-state index contributed by atoms with van der Waals surface area (Å²) >= 11 is 0. The third-order valence-corrected chi connectivity index (χ3v) is 2.16. The zero-order valence-corrected chi connectivity index (χ0v) is 8.21. The van der Waals surface area contributed by atoms with Gasteiger partial charge in [0, 0.05) is 6.54 Å². The second-order valence-corrected chi connectivity index (χ2v) is 3.07. The summed E-state index contributed by atoms with van der Waals surface area (Å²) in [5, 5.41) is 0. The van der Waals surface area contributed by atoms with Gasteiger partial charge >= 0.3 is 0 Å². The van der Waals surface area contributed by atoms with Crippen molar-refractivity contribution in [2.24, 2.45) is 5.73 Å². The molecule has 0 heterocycles. The number of halogens is 3. The molecule has 0 bridgehead atoms. The van der Waals surface area contributed by atoms with Crippen LogP contribution >= 0.6 is 0 Å². The monoisotopic (exact) mass is 219 g/mol. The molecule has 0 aromatic heterocycles. The first kappa shape index (κ1) is 11.8. The van der Waals surface area contributed by atoms with Gasteiger partial charge in [0.05, 0.1) is 13.0 Å². The maximum Gasteiger partial charge on any atom is 0.246 e. The molecular weight excluding hydrogens is 207 g/mol. The zero-order valence-electron chi connectivity index (χ0n) is 8.21. The van der Waals surface area contributed by atoms with E-state index in [9.17, 15) is 13.2 Å². The van der Waals surface area contributed by atoms with Crippen LogP contribution in [0.25, 0.3) is 0 Å². The molecule has 2 nitrogen and oxygen atoms in total. The Morgan fingerprint density at radius 3 is 2.47 bits per heavy atom. The largest absolute Gasteiger partial charge is 0.494 e. The normalized spacial score (nSPS) is 12.9. The fourth-order valence-corrected chi connectivity index (χ4v) is 1.30. The van der Waals surface area contributed by atoms with Crippen molar-refractivity contribution in [2.75, 3.05) is 13.7 Å². The molecule has 84 valence electrons. The Bertz CT molecular complexity index is 330. The highest BCUT2D eigenvalue weighted by atomic mass is 19.3. The Morgan fingerprint density at radius 2 is 2.07 bits per heavy atom. The number of nitrogens with two attached hydrogens (primary N) is 1. The van der Waals surface area contributed by atoms with Crippen molar-refractivity contribution in [1.82, 2.24) is 0 Å². The van der Waals surface area contributed by atoms with E-state index < -0.39 is 18.2 Å². The second-order valence-electron chi connectivity index (χ2n) is 3.07. The molecule has 1 unspecified atom stereocenters. The molecule has 0 amide bonds. The van der Waals surface area contributed by atoms with Gasteiger partial charge in [-0.15, -0.1) is 0 Å². The standard InChI is InChI=1S/C10H12F3NO/c1-15-9-3-2-6(4-8(9)11)7(5-14)10(12)13/h2-4,7,10H,5,14H2,1H3. The van der Waals surface area contributed by atoms with Gasteiger partial charge in [-0.25, -0.2) is 13.2 Å². The molecular formula is C10H12F3NO. The summed E-state index contributed by atoms with van der Waals surface area (Å²) in [6, 6.07) is 3.74. The summed E-state index contributed by atoms with van der Waals surface area (Å²) in [6.07, 6.45) is -2.59. The lowest BCUT2D eigenvalue weighted by atomic mass is 9.99. The summed E-state index contributed by atoms with van der Waals surface area (Å²) in [6.45, 7) is -0.219. The molecule has 15 heavy (non-hydrogen) atoms. The quantitative estimate of drug-likeness (QED) is 0.842. The lowest BCUT2D eigenvalue weighted by Gasteiger charge is -2.14. The molecule has 1 aromatic carbocycles. The summed E-state index contributed by atoms with van der Waals surface area (Å²) in [4.78, 5) is 0. The van der Waals surface area contributed by atoms with Crippen LogP contribution in [-0.2, 0) is 0 Å². The molecule has 0 radical (unpaired) electrons. The number of benzene rings is 1. The van der Waals surface area contributed by atoms with Crippen molar-refractivity contribution < 1.29 is 17.9 Å². The number of hydrogen-bond acceptors (Lipinski definition) is 2. The highest BCUT2D eigenvalue weighted by Crippen LogP contribution is 2.26. The van der Waals surface area contributed by atoms with E-state index in [2.05, 4.69) is 4.74 Å². The van der Waals surface area contributed by atoms with Crippen LogP contribution in [0.2, 0.25) is 0 Å². The molecule has 0 saturated carbocycles. The lowest BCUT2D eigenvalue weighted by Crippen LogP contribution is -2.19. The van der Waals surface area contributed by atoms with E-state index in [-0.39, 0.29) is 17.9 Å². The van der Waals surface area contributed by atoms with E-state index >= 15 is 0 Å². The topological polar surface area (TPSA) is 35.2 Å².